The number of rotatable bonds is 7. The Hall–Kier alpha value is -0.670. The van der Waals surface area contributed by atoms with Crippen molar-refractivity contribution >= 4 is 10.8 Å². The van der Waals surface area contributed by atoms with Crippen molar-refractivity contribution in [1.82, 2.24) is 5.32 Å². The molecule has 1 N–H and O–H groups in total. The van der Waals surface area contributed by atoms with Gasteiger partial charge in [-0.3, -0.25) is 4.21 Å². The number of hydrogen-bond donors (Lipinski definition) is 1. The van der Waals surface area contributed by atoms with Gasteiger partial charge in [-0.2, -0.15) is 0 Å². The smallest absolute Gasteiger partial charge is 0.0568 e. The van der Waals surface area contributed by atoms with Gasteiger partial charge in [-0.15, -0.1) is 0 Å². The highest BCUT2D eigenvalue weighted by atomic mass is 32.2. The second kappa shape index (κ2) is 8.09. The number of nitrogens with one attached hydrogen (secondary N) is 1. The summed E-state index contributed by atoms with van der Waals surface area (Å²) in [6.07, 6.45) is 4.78. The minimum atomic E-state index is -0.758. The zero-order valence-corrected chi connectivity index (χ0v) is 14.4. The molecule has 118 valence electrons. The summed E-state index contributed by atoms with van der Waals surface area (Å²) in [5.41, 5.74) is 1.27. The molecule has 0 bridgehead atoms. The summed E-state index contributed by atoms with van der Waals surface area (Å²) in [5, 5.41) is 4.19. The Morgan fingerprint density at radius 2 is 1.81 bits per heavy atom. The van der Waals surface area contributed by atoms with Crippen molar-refractivity contribution in [1.29, 1.82) is 0 Å². The van der Waals surface area contributed by atoms with E-state index < -0.39 is 10.8 Å². The van der Waals surface area contributed by atoms with Gasteiger partial charge < -0.3 is 5.32 Å². The van der Waals surface area contributed by atoms with Gasteiger partial charge in [0.05, 0.1) is 5.25 Å². The quantitative estimate of drug-likeness (QED) is 0.823. The lowest BCUT2D eigenvalue weighted by Gasteiger charge is -2.32. The van der Waals surface area contributed by atoms with Crippen LogP contribution in [0.5, 0.6) is 0 Å². The lowest BCUT2D eigenvalue weighted by molar-refractivity contribution is 0.440. The van der Waals surface area contributed by atoms with Crippen LogP contribution in [-0.2, 0) is 10.8 Å². The molecule has 1 aromatic carbocycles. The van der Waals surface area contributed by atoms with Crippen LogP contribution in [-0.4, -0.2) is 21.3 Å². The van der Waals surface area contributed by atoms with E-state index in [2.05, 4.69) is 50.4 Å². The van der Waals surface area contributed by atoms with Gasteiger partial charge in [0.25, 0.3) is 0 Å². The van der Waals surface area contributed by atoms with Crippen LogP contribution < -0.4 is 5.32 Å². The highest BCUT2D eigenvalue weighted by Gasteiger charge is 2.35. The first-order valence-electron chi connectivity index (χ1n) is 8.32. The van der Waals surface area contributed by atoms with Crippen molar-refractivity contribution in [2.24, 2.45) is 5.92 Å². The van der Waals surface area contributed by atoms with E-state index >= 15 is 0 Å². The summed E-state index contributed by atoms with van der Waals surface area (Å²) < 4.78 is 13.1. The van der Waals surface area contributed by atoms with Crippen molar-refractivity contribution in [3.05, 3.63) is 35.9 Å². The van der Waals surface area contributed by atoms with E-state index in [1.807, 2.05) is 6.07 Å². The molecule has 21 heavy (non-hydrogen) atoms. The van der Waals surface area contributed by atoms with Crippen LogP contribution in [0.15, 0.2) is 30.3 Å². The molecule has 0 heterocycles. The monoisotopic (exact) mass is 307 g/mol. The molecule has 1 fully saturated rings. The predicted octanol–water partition coefficient (Wildman–Crippen LogP) is 4.05. The van der Waals surface area contributed by atoms with Gasteiger partial charge in [-0.05, 0) is 30.9 Å². The molecule has 3 unspecified atom stereocenters. The van der Waals surface area contributed by atoms with E-state index in [4.69, 9.17) is 0 Å². The molecule has 1 aromatic rings. The van der Waals surface area contributed by atoms with Crippen molar-refractivity contribution in [2.45, 2.75) is 63.0 Å². The third-order valence-electron chi connectivity index (χ3n) is 4.47. The molecule has 1 aliphatic carbocycles. The number of hydrogen-bond acceptors (Lipinski definition) is 2. The predicted molar refractivity (Wildman–Crippen MR) is 91.9 cm³/mol. The minimum Gasteiger partial charge on any atom is -0.309 e. The third kappa shape index (κ3) is 4.17. The average molecular weight is 308 g/mol. The Labute approximate surface area is 132 Å². The molecule has 3 heteroatoms. The first-order chi connectivity index (χ1) is 10.1. The summed E-state index contributed by atoms with van der Waals surface area (Å²) in [5.74, 6) is 0.413. The fourth-order valence-corrected chi connectivity index (χ4v) is 5.73. The summed E-state index contributed by atoms with van der Waals surface area (Å²) in [4.78, 5) is 0. The van der Waals surface area contributed by atoms with E-state index in [0.717, 1.165) is 19.4 Å². The van der Waals surface area contributed by atoms with Crippen LogP contribution in [0.3, 0.4) is 0 Å². The summed E-state index contributed by atoms with van der Waals surface area (Å²) in [6.45, 7) is 7.46. The van der Waals surface area contributed by atoms with Gasteiger partial charge >= 0.3 is 0 Å². The highest BCUT2D eigenvalue weighted by Crippen LogP contribution is 2.33. The van der Waals surface area contributed by atoms with E-state index in [9.17, 15) is 4.21 Å². The van der Waals surface area contributed by atoms with Crippen LogP contribution in [0.1, 0.15) is 58.1 Å². The topological polar surface area (TPSA) is 29.1 Å². The Morgan fingerprint density at radius 3 is 2.33 bits per heavy atom. The van der Waals surface area contributed by atoms with Crippen molar-refractivity contribution in [3.8, 4) is 0 Å². The van der Waals surface area contributed by atoms with Crippen LogP contribution in [0, 0.1) is 5.92 Å². The minimum absolute atomic E-state index is 0.190. The Kier molecular flexibility index (Phi) is 6.43. The molecule has 1 saturated carbocycles. The fourth-order valence-electron chi connectivity index (χ4n) is 3.43. The van der Waals surface area contributed by atoms with Gasteiger partial charge in [-0.25, -0.2) is 0 Å². The molecule has 0 aromatic heterocycles. The van der Waals surface area contributed by atoms with E-state index in [1.54, 1.807) is 0 Å². The maximum absolute atomic E-state index is 13.1. The second-order valence-corrected chi connectivity index (χ2v) is 8.26. The SMILES string of the molecule is CCNC(c1ccccc1)C(C(C)C)S(=O)C1CCCC1. The molecule has 0 aliphatic heterocycles. The van der Waals surface area contributed by atoms with Crippen LogP contribution in [0.25, 0.3) is 0 Å². The Morgan fingerprint density at radius 1 is 1.19 bits per heavy atom. The van der Waals surface area contributed by atoms with Gasteiger partial charge in [-0.1, -0.05) is 63.9 Å². The zero-order valence-electron chi connectivity index (χ0n) is 13.5. The van der Waals surface area contributed by atoms with Gasteiger partial charge in [0.1, 0.15) is 0 Å². The normalized spacial score (nSPS) is 20.6. The maximum atomic E-state index is 13.1. The van der Waals surface area contributed by atoms with Gasteiger partial charge in [0, 0.05) is 22.1 Å². The van der Waals surface area contributed by atoms with E-state index in [1.165, 1.54) is 18.4 Å². The van der Waals surface area contributed by atoms with Crippen LogP contribution in [0.2, 0.25) is 0 Å². The van der Waals surface area contributed by atoms with E-state index in [0.29, 0.717) is 11.2 Å². The molecule has 0 radical (unpaired) electrons. The molecule has 2 nitrogen and oxygen atoms in total. The van der Waals surface area contributed by atoms with E-state index in [-0.39, 0.29) is 11.3 Å². The van der Waals surface area contributed by atoms with Crippen molar-refractivity contribution < 1.29 is 4.21 Å². The largest absolute Gasteiger partial charge is 0.309 e. The molecule has 0 amide bonds. The lowest BCUT2D eigenvalue weighted by atomic mass is 9.96. The molecule has 1 aliphatic rings. The van der Waals surface area contributed by atoms with Gasteiger partial charge in [0.2, 0.25) is 0 Å². The molecule has 0 saturated heterocycles. The molecular formula is C18H29NOS. The van der Waals surface area contributed by atoms with Gasteiger partial charge in [0.15, 0.2) is 0 Å². The summed E-state index contributed by atoms with van der Waals surface area (Å²) in [6, 6.07) is 10.7. The highest BCUT2D eigenvalue weighted by molar-refractivity contribution is 7.86. The molecule has 3 atom stereocenters. The van der Waals surface area contributed by atoms with Crippen molar-refractivity contribution in [2.75, 3.05) is 6.54 Å². The Balaban J connectivity index is 2.26. The third-order valence-corrected chi connectivity index (χ3v) is 6.95. The molecule has 0 spiro atoms. The lowest BCUT2D eigenvalue weighted by Crippen LogP contribution is -2.41. The first-order valence-corrected chi connectivity index (χ1v) is 9.60. The van der Waals surface area contributed by atoms with Crippen LogP contribution >= 0.6 is 0 Å². The number of benzene rings is 1. The first kappa shape index (κ1) is 16.7. The second-order valence-electron chi connectivity index (χ2n) is 6.39. The summed E-state index contributed by atoms with van der Waals surface area (Å²) in [7, 11) is -0.758. The molecule has 2 rings (SSSR count). The molecular weight excluding hydrogens is 278 g/mol. The fraction of sp³-hybridized carbons (Fsp3) is 0.667. The summed E-state index contributed by atoms with van der Waals surface area (Å²) >= 11 is 0. The zero-order chi connectivity index (χ0) is 15.2. The average Bonchev–Trinajstić information content (AvgIpc) is 3.01. The Bertz CT molecular complexity index is 440. The standard InChI is InChI=1S/C18H29NOS/c1-4-19-17(15-10-6-5-7-11-15)18(14(2)3)21(20)16-12-8-9-13-16/h5-7,10-11,14,16-19H,4,8-9,12-13H2,1-3H3. The van der Waals surface area contributed by atoms with Crippen LogP contribution in [0.4, 0.5) is 0 Å². The maximum Gasteiger partial charge on any atom is 0.0568 e. The van der Waals surface area contributed by atoms with Crippen molar-refractivity contribution in [3.63, 3.8) is 0 Å².